The van der Waals surface area contributed by atoms with Gasteiger partial charge in [0.2, 0.25) is 0 Å². The summed E-state index contributed by atoms with van der Waals surface area (Å²) in [5.41, 5.74) is 4.62. The van der Waals surface area contributed by atoms with E-state index in [1.54, 1.807) is 27.2 Å². The number of aryl methyl sites for hydroxylation is 1. The number of aromatic nitrogens is 6. The second kappa shape index (κ2) is 6.89. The largest absolute Gasteiger partial charge is 0.309 e. The van der Waals surface area contributed by atoms with Crippen molar-refractivity contribution in [1.29, 1.82) is 0 Å². The van der Waals surface area contributed by atoms with E-state index in [1.165, 1.54) is 11.9 Å². The lowest BCUT2D eigenvalue weighted by atomic mass is 10.1. The van der Waals surface area contributed by atoms with Crippen LogP contribution in [-0.2, 0) is 6.54 Å². The Bertz CT molecular complexity index is 1410. The Morgan fingerprint density at radius 2 is 1.93 bits per heavy atom. The third-order valence-electron chi connectivity index (χ3n) is 4.94. The number of hydrogen-bond donors (Lipinski definition) is 0. The van der Waals surface area contributed by atoms with Crippen molar-refractivity contribution in [2.45, 2.75) is 13.5 Å². The molecule has 5 aromatic heterocycles. The van der Waals surface area contributed by atoms with Crippen molar-refractivity contribution in [2.75, 3.05) is 6.26 Å². The number of pyridine rings is 3. The van der Waals surface area contributed by atoms with Crippen LogP contribution in [0.2, 0.25) is 0 Å². The van der Waals surface area contributed by atoms with E-state index >= 15 is 0 Å². The fraction of sp³-hybridized carbons (Fsp3) is 0.143. The smallest absolute Gasteiger partial charge is 0.260 e. The average molecular weight is 402 g/mol. The van der Waals surface area contributed by atoms with Crippen LogP contribution in [0.4, 0.5) is 0 Å². The predicted molar refractivity (Wildman–Crippen MR) is 115 cm³/mol. The molecule has 144 valence electrons. The minimum Gasteiger partial charge on any atom is -0.309 e. The first-order chi connectivity index (χ1) is 14.1. The van der Waals surface area contributed by atoms with E-state index in [-0.39, 0.29) is 5.56 Å². The average Bonchev–Trinajstić information content (AvgIpc) is 3.36. The van der Waals surface area contributed by atoms with Crippen molar-refractivity contribution in [1.82, 2.24) is 28.1 Å². The van der Waals surface area contributed by atoms with Gasteiger partial charge in [0.25, 0.3) is 5.56 Å². The molecule has 0 aliphatic carbocycles. The van der Waals surface area contributed by atoms with Gasteiger partial charge in [-0.2, -0.15) is 5.10 Å². The van der Waals surface area contributed by atoms with Gasteiger partial charge in [-0.1, -0.05) is 6.07 Å². The molecule has 0 aromatic carbocycles. The minimum atomic E-state index is -0.0812. The first-order valence-electron chi connectivity index (χ1n) is 9.13. The predicted octanol–water partition coefficient (Wildman–Crippen LogP) is 3.39. The highest BCUT2D eigenvalue weighted by atomic mass is 32.2. The third-order valence-corrected chi connectivity index (χ3v) is 5.51. The fourth-order valence-electron chi connectivity index (χ4n) is 3.51. The molecule has 0 saturated carbocycles. The Hall–Kier alpha value is -3.39. The molecule has 0 aliphatic rings. The van der Waals surface area contributed by atoms with Crippen LogP contribution in [0, 0.1) is 6.92 Å². The zero-order chi connectivity index (χ0) is 20.0. The molecule has 7 nitrogen and oxygen atoms in total. The summed E-state index contributed by atoms with van der Waals surface area (Å²) in [6.07, 6.45) is 14.9. The number of fused-ring (bicyclic) bond motifs is 2. The van der Waals surface area contributed by atoms with Gasteiger partial charge >= 0.3 is 0 Å². The molecular weight excluding hydrogens is 384 g/mol. The summed E-state index contributed by atoms with van der Waals surface area (Å²) in [6, 6.07) is 5.97. The molecule has 0 fully saturated rings. The molecule has 0 amide bonds. The highest BCUT2D eigenvalue weighted by Crippen LogP contribution is 2.26. The highest BCUT2D eigenvalue weighted by molar-refractivity contribution is 7.97. The molecule has 8 heteroatoms. The van der Waals surface area contributed by atoms with Gasteiger partial charge in [-0.3, -0.25) is 9.78 Å². The standard InChI is InChI=1S/C21H18N6OS/c1-14-3-4-20-24-16(13-26(20)10-14)12-25-6-5-17-18(8-22-9-19(17)21(25)28)15-7-23-27(11-15)29-2/h3-11,13H,12H2,1-2H3. The molecule has 0 bridgehead atoms. The Kier molecular flexibility index (Phi) is 4.21. The van der Waals surface area contributed by atoms with Crippen LogP contribution in [0.15, 0.2) is 66.4 Å². The molecule has 0 spiro atoms. The van der Waals surface area contributed by atoms with Crippen molar-refractivity contribution in [2.24, 2.45) is 0 Å². The van der Waals surface area contributed by atoms with E-state index in [2.05, 4.69) is 15.1 Å². The van der Waals surface area contributed by atoms with Crippen molar-refractivity contribution < 1.29 is 0 Å². The quantitative estimate of drug-likeness (QED) is 0.461. The van der Waals surface area contributed by atoms with Gasteiger partial charge in [0.1, 0.15) is 5.65 Å². The fourth-order valence-corrected chi connectivity index (χ4v) is 3.87. The summed E-state index contributed by atoms with van der Waals surface area (Å²) in [7, 11) is 0. The number of hydrogen-bond acceptors (Lipinski definition) is 5. The molecular formula is C21H18N6OS. The number of nitrogens with zero attached hydrogens (tertiary/aromatic N) is 6. The molecule has 5 heterocycles. The van der Waals surface area contributed by atoms with Crippen LogP contribution in [0.5, 0.6) is 0 Å². The molecule has 0 atom stereocenters. The van der Waals surface area contributed by atoms with Crippen LogP contribution in [0.3, 0.4) is 0 Å². The maximum atomic E-state index is 13.1. The molecule has 0 unspecified atom stereocenters. The second-order valence-electron chi connectivity index (χ2n) is 6.92. The van der Waals surface area contributed by atoms with Gasteiger partial charge in [0, 0.05) is 54.6 Å². The van der Waals surface area contributed by atoms with Crippen molar-refractivity contribution in [3.63, 3.8) is 0 Å². The zero-order valence-electron chi connectivity index (χ0n) is 16.0. The van der Waals surface area contributed by atoms with Gasteiger partial charge in [-0.25, -0.2) is 9.07 Å². The lowest BCUT2D eigenvalue weighted by Crippen LogP contribution is -2.20. The van der Waals surface area contributed by atoms with Gasteiger partial charge < -0.3 is 8.97 Å². The molecule has 0 radical (unpaired) electrons. The van der Waals surface area contributed by atoms with E-state index in [0.29, 0.717) is 11.9 Å². The molecule has 0 aliphatic heterocycles. The van der Waals surface area contributed by atoms with Crippen molar-refractivity contribution >= 4 is 28.4 Å². The van der Waals surface area contributed by atoms with Crippen LogP contribution in [-0.4, -0.2) is 34.4 Å². The van der Waals surface area contributed by atoms with E-state index in [1.807, 2.05) is 60.6 Å². The second-order valence-corrected chi connectivity index (χ2v) is 7.65. The first kappa shape index (κ1) is 17.7. The van der Waals surface area contributed by atoms with Gasteiger partial charge in [-0.05, 0) is 42.0 Å². The Morgan fingerprint density at radius 1 is 1.03 bits per heavy atom. The highest BCUT2D eigenvalue weighted by Gasteiger charge is 2.12. The SMILES string of the molecule is CSn1cc(-c2cncc3c(=O)n(Cc4cn5cc(C)ccc5n4)ccc23)cn1. The molecule has 5 aromatic rings. The van der Waals surface area contributed by atoms with Gasteiger partial charge in [0.05, 0.1) is 23.8 Å². The third kappa shape index (κ3) is 3.11. The lowest BCUT2D eigenvalue weighted by molar-refractivity contribution is 0.752. The topological polar surface area (TPSA) is 70.0 Å². The number of rotatable bonds is 4. The Labute approximate surface area is 170 Å². The number of imidazole rings is 1. The Balaban J connectivity index is 1.57. The summed E-state index contributed by atoms with van der Waals surface area (Å²) in [5, 5.41) is 5.75. The van der Waals surface area contributed by atoms with Crippen molar-refractivity contribution in [3.05, 3.63) is 83.2 Å². The first-order valence-corrected chi connectivity index (χ1v) is 10.3. The lowest BCUT2D eigenvalue weighted by Gasteiger charge is -2.08. The monoisotopic (exact) mass is 402 g/mol. The summed E-state index contributed by atoms with van der Waals surface area (Å²) >= 11 is 1.51. The molecule has 29 heavy (non-hydrogen) atoms. The van der Waals surface area contributed by atoms with Crippen LogP contribution in [0.1, 0.15) is 11.3 Å². The summed E-state index contributed by atoms with van der Waals surface area (Å²) in [5.74, 6) is 0. The molecule has 5 rings (SSSR count). The van der Waals surface area contributed by atoms with E-state index in [4.69, 9.17) is 0 Å². The van der Waals surface area contributed by atoms with Crippen LogP contribution in [0.25, 0.3) is 27.5 Å². The van der Waals surface area contributed by atoms with Crippen molar-refractivity contribution in [3.8, 4) is 11.1 Å². The maximum Gasteiger partial charge on any atom is 0.260 e. The molecule has 0 N–H and O–H groups in total. The van der Waals surface area contributed by atoms with Crippen LogP contribution >= 0.6 is 11.9 Å². The van der Waals surface area contributed by atoms with E-state index in [9.17, 15) is 4.79 Å². The van der Waals surface area contributed by atoms with E-state index in [0.717, 1.165) is 33.4 Å². The van der Waals surface area contributed by atoms with E-state index < -0.39 is 0 Å². The zero-order valence-corrected chi connectivity index (χ0v) is 16.8. The van der Waals surface area contributed by atoms with Gasteiger partial charge in [-0.15, -0.1) is 0 Å². The minimum absolute atomic E-state index is 0.0812. The van der Waals surface area contributed by atoms with Crippen LogP contribution < -0.4 is 5.56 Å². The Morgan fingerprint density at radius 3 is 2.76 bits per heavy atom. The van der Waals surface area contributed by atoms with Gasteiger partial charge in [0.15, 0.2) is 0 Å². The maximum absolute atomic E-state index is 13.1. The summed E-state index contributed by atoms with van der Waals surface area (Å²) in [4.78, 5) is 22.0. The summed E-state index contributed by atoms with van der Waals surface area (Å²) < 4.78 is 5.44. The normalized spacial score (nSPS) is 11.5. The summed E-state index contributed by atoms with van der Waals surface area (Å²) in [6.45, 7) is 2.45. The molecule has 0 saturated heterocycles.